The number of nitrogens with zero attached hydrogens (tertiary/aromatic N) is 2. The molecule has 1 aromatic heterocycles. The second kappa shape index (κ2) is 24.2. The van der Waals surface area contributed by atoms with Gasteiger partial charge in [-0.2, -0.15) is 0 Å². The zero-order valence-corrected chi connectivity index (χ0v) is 37.1. The molecule has 0 saturated carbocycles. The quantitative estimate of drug-likeness (QED) is 0.0487. The number of non-ortho nitro benzene ring substituents is 1. The molecule has 25 atom stereocenters. The van der Waals surface area contributed by atoms with Crippen molar-refractivity contribution in [3.63, 3.8) is 0 Å². The van der Waals surface area contributed by atoms with Crippen LogP contribution in [0.2, 0.25) is 0 Å². The summed E-state index contributed by atoms with van der Waals surface area (Å²) in [7, 11) is 0. The molecular weight excluding hydrogens is 966 g/mol. The van der Waals surface area contributed by atoms with Gasteiger partial charge in [-0.1, -0.05) is 6.07 Å². The number of aromatic nitrogens is 1. The maximum atomic E-state index is 11.2. The molecule has 30 heteroatoms. The summed E-state index contributed by atoms with van der Waals surface area (Å²) in [6.45, 7) is -2.63. The van der Waals surface area contributed by atoms with Crippen molar-refractivity contribution in [2.45, 2.75) is 160 Å². The summed E-state index contributed by atoms with van der Waals surface area (Å²) >= 11 is 0. The average Bonchev–Trinajstić information content (AvgIpc) is 3.36. The Kier molecular flexibility index (Phi) is 18.8. The van der Waals surface area contributed by atoms with Gasteiger partial charge in [-0.15, -0.1) is 0 Å². The van der Waals surface area contributed by atoms with Crippen molar-refractivity contribution in [3.05, 3.63) is 58.8 Å². The molecule has 400 valence electrons. The predicted molar refractivity (Wildman–Crippen MR) is 223 cm³/mol. The zero-order chi connectivity index (χ0) is 51.4. The lowest BCUT2D eigenvalue weighted by atomic mass is 9.95. The van der Waals surface area contributed by atoms with E-state index in [1.807, 2.05) is 0 Å². The van der Waals surface area contributed by atoms with Crippen molar-refractivity contribution in [3.8, 4) is 5.75 Å². The van der Waals surface area contributed by atoms with Crippen LogP contribution in [0.15, 0.2) is 48.7 Å². The standard InChI is InChI=1S/C41H59N3O27/c45-11-17-32(23(50)28(55)37(64-17)62-15-6-4-14(5-7-15)44(60)61)68-39-29(56)24(51)34(19(13-47)65-39)69-41-31(58)26(53)35(36(59)71-41)70-40-30(57)25(52)33(18(12-46)66-40)67-38-27(54)22(49)21(48)16(63-38)8-10-43-20-3-1-2-9-42-20/h1-7,9,16-19,21-41,45-59H,8,10-13H2,(H,42,43)/t16-,17-,18-,19-,21-,22+,23-,24-,25-,26-,27-,28-,29-,30-,31-,32+,33-,34-,35?,36+,37+,38-,39-,40-,41+/m1/s1. The Labute approximate surface area is 401 Å². The van der Waals surface area contributed by atoms with Gasteiger partial charge in [0.25, 0.3) is 5.69 Å². The molecule has 1 aromatic carbocycles. The molecule has 0 radical (unpaired) electrons. The Bertz CT molecular complexity index is 1970. The molecule has 0 amide bonds. The SMILES string of the molecule is O=[N+]([O-])c1ccc(O[C@H]2O[C@H](CO)[C@H](O[C@H]3O[C@H](CO)[C@@H](O[C@H]4O[C@H](O)C(O[C@H]5O[C@H](CO)[C@@H](O[C@H]6O[C@H](CCNc7ccccn7)[C@@H](O)[C@H](O)[C@H]6O)[C@H](O)[C@H]5O)[C@H](O)[C@H]4O)[C@H](O)[C@H]3O)[C@H](O)[C@H]2O)cc1. The molecule has 0 spiro atoms. The Morgan fingerprint density at radius 2 is 0.930 bits per heavy atom. The van der Waals surface area contributed by atoms with E-state index in [0.717, 1.165) is 12.1 Å². The van der Waals surface area contributed by atoms with Crippen LogP contribution in [0.4, 0.5) is 11.5 Å². The third-order valence-corrected chi connectivity index (χ3v) is 12.5. The molecule has 1 unspecified atom stereocenters. The van der Waals surface area contributed by atoms with E-state index < -0.39 is 178 Å². The topological polar surface area (TPSA) is 464 Å². The van der Waals surface area contributed by atoms with Crippen LogP contribution < -0.4 is 10.1 Å². The van der Waals surface area contributed by atoms with Gasteiger partial charge in [-0.25, -0.2) is 4.98 Å². The maximum Gasteiger partial charge on any atom is 0.269 e. The van der Waals surface area contributed by atoms with Crippen LogP contribution in [0.25, 0.3) is 0 Å². The number of benzene rings is 1. The van der Waals surface area contributed by atoms with E-state index in [-0.39, 0.29) is 24.4 Å². The third kappa shape index (κ3) is 12.2. The average molecular weight is 1030 g/mol. The van der Waals surface area contributed by atoms with Gasteiger partial charge in [-0.05, 0) is 30.7 Å². The van der Waals surface area contributed by atoms with Gasteiger partial charge in [0.05, 0.1) is 30.8 Å². The summed E-state index contributed by atoms with van der Waals surface area (Å²) in [5.41, 5.74) is -0.267. The van der Waals surface area contributed by atoms with E-state index in [9.17, 15) is 86.7 Å². The number of anilines is 1. The molecule has 16 N–H and O–H groups in total. The first-order valence-electron chi connectivity index (χ1n) is 22.3. The van der Waals surface area contributed by atoms with Gasteiger partial charge < -0.3 is 129 Å². The van der Waals surface area contributed by atoms with Crippen molar-refractivity contribution in [1.82, 2.24) is 4.98 Å². The summed E-state index contributed by atoms with van der Waals surface area (Å²) in [5.74, 6) is 0.486. The molecule has 5 fully saturated rings. The molecule has 30 nitrogen and oxygen atoms in total. The van der Waals surface area contributed by atoms with E-state index in [0.29, 0.717) is 5.82 Å². The van der Waals surface area contributed by atoms with Gasteiger partial charge >= 0.3 is 0 Å². The smallest absolute Gasteiger partial charge is 0.269 e. The van der Waals surface area contributed by atoms with Crippen LogP contribution in [-0.2, 0) is 42.6 Å². The summed E-state index contributed by atoms with van der Waals surface area (Å²) in [4.78, 5) is 14.4. The molecule has 0 bridgehead atoms. The van der Waals surface area contributed by atoms with Crippen LogP contribution in [-0.4, -0.2) is 267 Å². The van der Waals surface area contributed by atoms with Gasteiger partial charge in [0.1, 0.15) is 121 Å². The van der Waals surface area contributed by atoms with Crippen LogP contribution in [0, 0.1) is 10.1 Å². The number of hydrogen-bond donors (Lipinski definition) is 16. The Balaban J connectivity index is 0.928. The highest BCUT2D eigenvalue weighted by Crippen LogP contribution is 2.36. The second-order valence-corrected chi connectivity index (χ2v) is 17.2. The van der Waals surface area contributed by atoms with Crippen molar-refractivity contribution in [1.29, 1.82) is 0 Å². The number of aliphatic hydroxyl groups excluding tert-OH is 15. The van der Waals surface area contributed by atoms with Gasteiger partial charge in [0, 0.05) is 24.9 Å². The third-order valence-electron chi connectivity index (χ3n) is 12.5. The molecule has 5 aliphatic heterocycles. The first kappa shape index (κ1) is 55.2. The number of pyridine rings is 1. The maximum absolute atomic E-state index is 11.2. The molecule has 71 heavy (non-hydrogen) atoms. The zero-order valence-electron chi connectivity index (χ0n) is 37.1. The van der Waals surface area contributed by atoms with Crippen molar-refractivity contribution in [2.24, 2.45) is 0 Å². The molecule has 0 aliphatic carbocycles. The number of nitro groups is 1. The van der Waals surface area contributed by atoms with Gasteiger partial charge in [-0.3, -0.25) is 10.1 Å². The van der Waals surface area contributed by atoms with Crippen molar-refractivity contribution >= 4 is 11.5 Å². The van der Waals surface area contributed by atoms with Crippen LogP contribution in [0.5, 0.6) is 5.75 Å². The molecular formula is C41H59N3O27. The fraction of sp³-hybridized carbons (Fsp3) is 0.732. The first-order chi connectivity index (χ1) is 33.9. The highest BCUT2D eigenvalue weighted by atomic mass is 16.8. The van der Waals surface area contributed by atoms with Gasteiger partial charge in [0.2, 0.25) is 6.29 Å². The summed E-state index contributed by atoms with van der Waals surface area (Å²) in [6.07, 6.45) is -45.2. The number of ether oxygens (including phenoxy) is 10. The van der Waals surface area contributed by atoms with Crippen LogP contribution >= 0.6 is 0 Å². The number of nitrogens with one attached hydrogen (secondary N) is 1. The molecule has 2 aromatic rings. The Morgan fingerprint density at radius 1 is 0.507 bits per heavy atom. The van der Waals surface area contributed by atoms with E-state index >= 15 is 0 Å². The molecule has 7 rings (SSSR count). The number of nitro benzene ring substituents is 1. The monoisotopic (exact) mass is 1030 g/mol. The van der Waals surface area contributed by atoms with Crippen molar-refractivity contribution < 1.29 is 129 Å². The van der Waals surface area contributed by atoms with E-state index in [4.69, 9.17) is 47.4 Å². The summed E-state index contributed by atoms with van der Waals surface area (Å²) < 4.78 is 55.9. The highest BCUT2D eigenvalue weighted by molar-refractivity contribution is 5.36. The van der Waals surface area contributed by atoms with Crippen LogP contribution in [0.1, 0.15) is 6.42 Å². The molecule has 5 saturated heterocycles. The largest absolute Gasteiger partial charge is 0.462 e. The minimum Gasteiger partial charge on any atom is -0.462 e. The number of hydrogen-bond acceptors (Lipinski definition) is 29. The number of aliphatic hydroxyl groups is 15. The summed E-state index contributed by atoms with van der Waals surface area (Å²) in [5, 5.41) is 176. The van der Waals surface area contributed by atoms with Crippen molar-refractivity contribution in [2.75, 3.05) is 31.7 Å². The first-order valence-corrected chi connectivity index (χ1v) is 22.3. The molecule has 5 aliphatic rings. The van der Waals surface area contributed by atoms with E-state index in [2.05, 4.69) is 10.3 Å². The van der Waals surface area contributed by atoms with Gasteiger partial charge in [0.15, 0.2) is 31.5 Å². The Morgan fingerprint density at radius 3 is 1.39 bits per heavy atom. The van der Waals surface area contributed by atoms with E-state index in [1.165, 1.54) is 12.1 Å². The molecule has 6 heterocycles. The van der Waals surface area contributed by atoms with Crippen LogP contribution in [0.3, 0.4) is 0 Å². The number of rotatable bonds is 18. The highest BCUT2D eigenvalue weighted by Gasteiger charge is 2.56. The predicted octanol–water partition coefficient (Wildman–Crippen LogP) is -8.07. The minimum absolute atomic E-state index is 0.0200. The summed E-state index contributed by atoms with van der Waals surface area (Å²) in [6, 6.07) is 9.72. The second-order valence-electron chi connectivity index (χ2n) is 17.2. The van der Waals surface area contributed by atoms with E-state index in [1.54, 1.807) is 24.4 Å². The fourth-order valence-electron chi connectivity index (χ4n) is 8.54. The fourth-order valence-corrected chi connectivity index (χ4v) is 8.54. The minimum atomic E-state index is -2.27. The lowest BCUT2D eigenvalue weighted by Gasteiger charge is -2.49. The lowest BCUT2D eigenvalue weighted by Crippen LogP contribution is -2.67. The lowest BCUT2D eigenvalue weighted by molar-refractivity contribution is -0.407. The Hall–Kier alpha value is -3.59. The normalized spacial score (nSPS) is 44.2.